The first kappa shape index (κ1) is 10.1. The number of carbonyl (C=O) groups excluding carboxylic acids is 1. The number of aromatic nitrogens is 2. The summed E-state index contributed by atoms with van der Waals surface area (Å²) in [5, 5.41) is 0.338. The zero-order valence-electron chi connectivity index (χ0n) is 25.1. The van der Waals surface area contributed by atoms with Crippen LogP contribution in [0.2, 0.25) is 0 Å². The minimum atomic E-state index is -3.21. The molecular formula is C19H25N5O4. The first-order valence-corrected chi connectivity index (χ1v) is 8.27. The Kier molecular flexibility index (Phi) is 2.77. The van der Waals surface area contributed by atoms with Crippen LogP contribution in [0.1, 0.15) is 26.5 Å². The van der Waals surface area contributed by atoms with Crippen LogP contribution < -0.4 is 20.1 Å². The molecule has 2 saturated heterocycles. The number of anilines is 2. The number of fused-ring (bicyclic) bond motifs is 1. The minimum Gasteiger partial charge on any atom is -0.493 e. The van der Waals surface area contributed by atoms with Crippen LogP contribution >= 0.6 is 0 Å². The number of methoxy groups -OCH3 is 2. The van der Waals surface area contributed by atoms with E-state index in [1.165, 1.54) is 26.4 Å². The molecule has 1 atom stereocenters. The lowest BCUT2D eigenvalue weighted by molar-refractivity contribution is -0.141. The van der Waals surface area contributed by atoms with Crippen LogP contribution in [0.5, 0.6) is 11.5 Å². The van der Waals surface area contributed by atoms with Crippen LogP contribution in [-0.2, 0) is 9.53 Å². The zero-order valence-corrected chi connectivity index (χ0v) is 15.1. The van der Waals surface area contributed by atoms with Crippen molar-refractivity contribution in [2.24, 2.45) is 0 Å². The van der Waals surface area contributed by atoms with Gasteiger partial charge in [-0.1, -0.05) is 0 Å². The molecule has 28 heavy (non-hydrogen) atoms. The Balaban J connectivity index is 1.71. The third kappa shape index (κ3) is 3.37. The van der Waals surface area contributed by atoms with Crippen molar-refractivity contribution in [3.8, 4) is 11.5 Å². The number of benzene rings is 1. The lowest BCUT2D eigenvalue weighted by Gasteiger charge is -2.35. The second-order valence-electron chi connectivity index (χ2n) is 5.85. The second-order valence-corrected chi connectivity index (χ2v) is 5.85. The summed E-state index contributed by atoms with van der Waals surface area (Å²) >= 11 is 0. The third-order valence-electron chi connectivity index (χ3n) is 4.23. The summed E-state index contributed by atoms with van der Waals surface area (Å²) in [4.78, 5) is 22.8. The van der Waals surface area contributed by atoms with Crippen LogP contribution in [-0.4, -0.2) is 73.7 Å². The monoisotopic (exact) mass is 397 g/mol. The number of piperazine rings is 1. The first-order chi connectivity index (χ1) is 17.3. The molecule has 0 bridgehead atoms. The Bertz CT molecular complexity index is 1280. The first-order valence-electron chi connectivity index (χ1n) is 13.3. The van der Waals surface area contributed by atoms with E-state index < -0.39 is 63.3 Å². The van der Waals surface area contributed by atoms with Gasteiger partial charge in [0.2, 0.25) is 5.95 Å². The van der Waals surface area contributed by atoms with Gasteiger partial charge in [0.25, 0.3) is 5.91 Å². The van der Waals surface area contributed by atoms with Crippen LogP contribution in [0, 0.1) is 0 Å². The highest BCUT2D eigenvalue weighted by molar-refractivity contribution is 5.91. The fraction of sp³-hybridized carbons (Fsp3) is 0.526. The lowest BCUT2D eigenvalue weighted by atomic mass is 10.2. The van der Waals surface area contributed by atoms with Gasteiger partial charge in [-0.05, 0) is 18.8 Å². The Hall–Kier alpha value is -2.81. The number of nitrogen functional groups attached to an aromatic ring is 1. The van der Waals surface area contributed by atoms with Gasteiger partial charge in [-0.3, -0.25) is 4.79 Å². The molecule has 2 aliphatic rings. The van der Waals surface area contributed by atoms with Crippen molar-refractivity contribution in [2.45, 2.75) is 18.8 Å². The Labute approximate surface area is 177 Å². The highest BCUT2D eigenvalue weighted by Crippen LogP contribution is 2.34. The molecule has 0 spiro atoms. The molecular weight excluding hydrogens is 362 g/mol. The molecule has 1 unspecified atom stereocenters. The van der Waals surface area contributed by atoms with Crippen LogP contribution in [0.4, 0.5) is 11.8 Å². The number of nitrogens with zero attached hydrogens (tertiary/aromatic N) is 4. The van der Waals surface area contributed by atoms with Crippen molar-refractivity contribution in [3.63, 3.8) is 0 Å². The number of carbonyl (C=O) groups is 1. The van der Waals surface area contributed by atoms with Gasteiger partial charge in [0.05, 0.1) is 28.0 Å². The Morgan fingerprint density at radius 1 is 1.25 bits per heavy atom. The molecule has 1 aromatic heterocycles. The molecule has 4 rings (SSSR count). The van der Waals surface area contributed by atoms with Gasteiger partial charge in [-0.15, -0.1) is 0 Å². The largest absolute Gasteiger partial charge is 0.493 e. The van der Waals surface area contributed by atoms with Gasteiger partial charge in [0.1, 0.15) is 11.9 Å². The van der Waals surface area contributed by atoms with Crippen LogP contribution in [0.25, 0.3) is 10.9 Å². The van der Waals surface area contributed by atoms with Gasteiger partial charge < -0.3 is 29.7 Å². The average molecular weight is 398 g/mol. The highest BCUT2D eigenvalue weighted by atomic mass is 16.5. The number of amides is 1. The Morgan fingerprint density at radius 2 is 1.96 bits per heavy atom. The summed E-state index contributed by atoms with van der Waals surface area (Å²) in [6.07, 6.45) is -8.61. The van der Waals surface area contributed by atoms with Gasteiger partial charge >= 0.3 is 0 Å². The zero-order chi connectivity index (χ0) is 28.6. The van der Waals surface area contributed by atoms with Gasteiger partial charge in [-0.2, -0.15) is 4.98 Å². The summed E-state index contributed by atoms with van der Waals surface area (Å²) in [6.45, 7) is -10.1. The molecule has 150 valence electrons. The van der Waals surface area contributed by atoms with Crippen molar-refractivity contribution in [1.29, 1.82) is 0 Å². The van der Waals surface area contributed by atoms with E-state index in [0.29, 0.717) is 20.9 Å². The summed E-state index contributed by atoms with van der Waals surface area (Å²) in [5.41, 5.74) is 6.28. The molecule has 0 radical (unpaired) electrons. The number of nitrogens with two attached hydrogens (primary N) is 1. The van der Waals surface area contributed by atoms with Crippen molar-refractivity contribution in [3.05, 3.63) is 12.1 Å². The molecule has 2 aliphatic heterocycles. The normalized spacial score (nSPS) is 34.1. The number of ether oxygens (including phenoxy) is 3. The smallest absolute Gasteiger partial charge is 0.251 e. The molecule has 2 aromatic rings. The molecule has 9 heteroatoms. The maximum atomic E-state index is 13.2. The number of hydrogen-bond acceptors (Lipinski definition) is 8. The van der Waals surface area contributed by atoms with Crippen LogP contribution in [0.15, 0.2) is 12.1 Å². The maximum Gasteiger partial charge on any atom is 0.251 e. The van der Waals surface area contributed by atoms with Crippen molar-refractivity contribution < 1.29 is 32.7 Å². The number of hydrogen-bond donors (Lipinski definition) is 1. The number of rotatable bonds is 4. The predicted octanol–water partition coefficient (Wildman–Crippen LogP) is 1.06. The van der Waals surface area contributed by atoms with Gasteiger partial charge in [0.15, 0.2) is 11.5 Å². The van der Waals surface area contributed by atoms with E-state index in [9.17, 15) is 4.79 Å². The maximum absolute atomic E-state index is 13.2. The van der Waals surface area contributed by atoms with E-state index >= 15 is 0 Å². The third-order valence-corrected chi connectivity index (χ3v) is 4.23. The van der Waals surface area contributed by atoms with E-state index in [2.05, 4.69) is 9.97 Å². The van der Waals surface area contributed by atoms with Crippen LogP contribution in [0.3, 0.4) is 0 Å². The van der Waals surface area contributed by atoms with Gasteiger partial charge in [0, 0.05) is 49.6 Å². The van der Waals surface area contributed by atoms with Crippen molar-refractivity contribution >= 4 is 28.6 Å². The molecule has 0 saturated carbocycles. The fourth-order valence-corrected chi connectivity index (χ4v) is 2.78. The van der Waals surface area contributed by atoms with E-state index in [0.717, 1.165) is 0 Å². The average Bonchev–Trinajstić information content (AvgIpc) is 2.91. The summed E-state index contributed by atoms with van der Waals surface area (Å²) < 4.78 is 96.5. The molecule has 1 amide bonds. The van der Waals surface area contributed by atoms with Crippen molar-refractivity contribution in [1.82, 2.24) is 14.9 Å². The molecule has 0 aliphatic carbocycles. The standard InChI is InChI=1S/C19H25N5O4/c1-26-15-10-12-13(11-16(15)27-2)21-19(22-17(12)20)24-7-5-23(6-8-24)18(25)14-4-3-9-28-14/h10-11,14H,3-9H2,1-2H3,(H2,20,21,22)/i3D2,4D2,7D2,8D2,9D2. The molecule has 2 fully saturated rings. The molecule has 2 N–H and O–H groups in total. The van der Waals surface area contributed by atoms with E-state index in [-0.39, 0.29) is 17.1 Å². The molecule has 1 aromatic carbocycles. The van der Waals surface area contributed by atoms with E-state index in [1.807, 2.05) is 0 Å². The van der Waals surface area contributed by atoms with Crippen molar-refractivity contribution in [2.75, 3.05) is 57.5 Å². The minimum absolute atomic E-state index is 0.104. The highest BCUT2D eigenvalue weighted by Gasteiger charge is 2.31. The lowest BCUT2D eigenvalue weighted by Crippen LogP contribution is -2.51. The van der Waals surface area contributed by atoms with E-state index in [4.69, 9.17) is 33.7 Å². The molecule has 9 nitrogen and oxygen atoms in total. The summed E-state index contributed by atoms with van der Waals surface area (Å²) in [6, 6.07) is 2.97. The predicted molar refractivity (Wildman–Crippen MR) is 105 cm³/mol. The summed E-state index contributed by atoms with van der Waals surface area (Å²) in [5.74, 6) is -1.21. The van der Waals surface area contributed by atoms with Gasteiger partial charge in [-0.25, -0.2) is 4.98 Å². The summed E-state index contributed by atoms with van der Waals surface area (Å²) in [7, 11) is 2.82. The fourth-order valence-electron chi connectivity index (χ4n) is 2.78. The topological polar surface area (TPSA) is 103 Å². The SMILES string of the molecule is [2H]C1([2H])CN(C(=O)C2OC([2H])([2H])C([2H])([2H])C2([2H])[2H])CC([2H])([2H])N1c1nc(N)c2cc(OC)c(OC)cc2n1. The quantitative estimate of drug-likeness (QED) is 0.817. The Morgan fingerprint density at radius 3 is 2.61 bits per heavy atom. The second kappa shape index (κ2) is 7.67. The molecule has 3 heterocycles. The van der Waals surface area contributed by atoms with E-state index in [1.54, 1.807) is 0 Å².